The molecule has 1 fully saturated rings. The zero-order chi connectivity index (χ0) is 20.0. The van der Waals surface area contributed by atoms with Crippen LogP contribution in [0.2, 0.25) is 0 Å². The second-order valence-corrected chi connectivity index (χ2v) is 9.78. The van der Waals surface area contributed by atoms with E-state index in [1.807, 2.05) is 6.92 Å². The summed E-state index contributed by atoms with van der Waals surface area (Å²) < 4.78 is 2.39. The zero-order valence-electron chi connectivity index (χ0n) is 17.7. The van der Waals surface area contributed by atoms with Crippen molar-refractivity contribution in [1.29, 1.82) is 0 Å². The molecule has 0 N–H and O–H groups in total. The predicted molar refractivity (Wildman–Crippen MR) is 118 cm³/mol. The molecule has 0 amide bonds. The van der Waals surface area contributed by atoms with Crippen molar-refractivity contribution in [1.82, 2.24) is 24.7 Å². The van der Waals surface area contributed by atoms with Crippen molar-refractivity contribution in [3.8, 4) is 0 Å². The molecular weight excluding hydrogens is 380 g/mol. The van der Waals surface area contributed by atoms with Crippen LogP contribution in [0.1, 0.15) is 75.0 Å². The van der Waals surface area contributed by atoms with Gasteiger partial charge in [0.05, 0.1) is 11.4 Å². The molecule has 0 saturated carbocycles. The maximum absolute atomic E-state index is 5.00. The van der Waals surface area contributed by atoms with E-state index in [-0.39, 0.29) is 6.04 Å². The number of nitrogens with zero attached hydrogens (tertiary/aromatic N) is 6. The lowest BCUT2D eigenvalue weighted by molar-refractivity contribution is 0.421. The molecule has 5 heterocycles. The molecule has 0 aromatic carbocycles. The molecule has 154 valence electrons. The van der Waals surface area contributed by atoms with Gasteiger partial charge in [0, 0.05) is 19.5 Å². The molecule has 1 atom stereocenters. The normalized spacial score (nSPS) is 19.9. The topological polar surface area (TPSA) is 59.7 Å². The van der Waals surface area contributed by atoms with E-state index < -0.39 is 0 Å². The van der Waals surface area contributed by atoms with Crippen LogP contribution in [0.3, 0.4) is 0 Å². The van der Waals surface area contributed by atoms with Crippen molar-refractivity contribution in [3.05, 3.63) is 28.4 Å². The first-order valence-electron chi connectivity index (χ1n) is 11.0. The Balaban J connectivity index is 1.62. The third-order valence-electron chi connectivity index (χ3n) is 6.19. The van der Waals surface area contributed by atoms with Gasteiger partial charge in [-0.1, -0.05) is 13.8 Å². The van der Waals surface area contributed by atoms with Gasteiger partial charge in [-0.05, 0) is 62.3 Å². The van der Waals surface area contributed by atoms with Gasteiger partial charge in [0.25, 0.3) is 0 Å². The molecule has 0 bridgehead atoms. The fourth-order valence-corrected chi connectivity index (χ4v) is 5.91. The van der Waals surface area contributed by atoms with Crippen LogP contribution in [0.4, 0.5) is 5.82 Å². The Morgan fingerprint density at radius 3 is 2.83 bits per heavy atom. The van der Waals surface area contributed by atoms with Gasteiger partial charge >= 0.3 is 0 Å². The van der Waals surface area contributed by atoms with Crippen molar-refractivity contribution < 1.29 is 0 Å². The summed E-state index contributed by atoms with van der Waals surface area (Å²) in [5.74, 6) is 4.89. The Hall–Kier alpha value is -2.02. The first kappa shape index (κ1) is 19.0. The highest BCUT2D eigenvalue weighted by Crippen LogP contribution is 2.40. The molecule has 3 aromatic rings. The van der Waals surface area contributed by atoms with Gasteiger partial charge in [-0.15, -0.1) is 21.5 Å². The lowest BCUT2D eigenvalue weighted by Gasteiger charge is -2.37. The summed E-state index contributed by atoms with van der Waals surface area (Å²) in [6, 6.07) is 0.257. The molecule has 0 aliphatic carbocycles. The Bertz CT molecular complexity index is 1020. The highest BCUT2D eigenvalue weighted by atomic mass is 32.1. The monoisotopic (exact) mass is 410 g/mol. The first-order valence-corrected chi connectivity index (χ1v) is 11.9. The number of piperidine rings is 1. The van der Waals surface area contributed by atoms with Crippen LogP contribution in [-0.2, 0) is 19.4 Å². The Morgan fingerprint density at radius 1 is 1.10 bits per heavy atom. The molecule has 3 aromatic heterocycles. The van der Waals surface area contributed by atoms with E-state index in [0.717, 1.165) is 60.5 Å². The van der Waals surface area contributed by atoms with Crippen LogP contribution >= 0.6 is 11.3 Å². The average molecular weight is 411 g/mol. The lowest BCUT2D eigenvalue weighted by atomic mass is 9.99. The minimum atomic E-state index is 0.257. The molecule has 7 heteroatoms. The second kappa shape index (κ2) is 7.67. The summed E-state index contributed by atoms with van der Waals surface area (Å²) in [7, 11) is 0. The summed E-state index contributed by atoms with van der Waals surface area (Å²) in [6.07, 6.45) is 8.13. The van der Waals surface area contributed by atoms with Gasteiger partial charge in [-0.2, -0.15) is 0 Å². The van der Waals surface area contributed by atoms with E-state index in [0.29, 0.717) is 5.92 Å². The van der Waals surface area contributed by atoms with Crippen LogP contribution < -0.4 is 4.90 Å². The van der Waals surface area contributed by atoms with E-state index in [2.05, 4.69) is 38.9 Å². The zero-order valence-corrected chi connectivity index (χ0v) is 18.5. The summed E-state index contributed by atoms with van der Waals surface area (Å²) in [4.78, 5) is 13.4. The van der Waals surface area contributed by atoms with E-state index >= 15 is 0 Å². The molecule has 5 rings (SSSR count). The van der Waals surface area contributed by atoms with E-state index in [4.69, 9.17) is 9.97 Å². The van der Waals surface area contributed by atoms with Crippen molar-refractivity contribution >= 4 is 27.4 Å². The minimum absolute atomic E-state index is 0.257. The van der Waals surface area contributed by atoms with Gasteiger partial charge < -0.3 is 9.47 Å². The number of hydrogen-bond acceptors (Lipinski definition) is 6. The minimum Gasteiger partial charge on any atom is -0.346 e. The third-order valence-corrected chi connectivity index (χ3v) is 7.11. The van der Waals surface area contributed by atoms with Crippen LogP contribution in [-0.4, -0.2) is 31.3 Å². The molecule has 29 heavy (non-hydrogen) atoms. The number of thiophene rings is 1. The van der Waals surface area contributed by atoms with Crippen molar-refractivity contribution in [2.24, 2.45) is 5.92 Å². The number of rotatable bonds is 4. The molecule has 2 aliphatic rings. The Morgan fingerprint density at radius 2 is 1.97 bits per heavy atom. The average Bonchev–Trinajstić information content (AvgIpc) is 3.31. The lowest BCUT2D eigenvalue weighted by Crippen LogP contribution is -2.36. The van der Waals surface area contributed by atoms with E-state index in [1.54, 1.807) is 11.3 Å². The van der Waals surface area contributed by atoms with Gasteiger partial charge in [-0.3, -0.25) is 0 Å². The maximum Gasteiger partial charge on any atom is 0.155 e. The molecule has 1 unspecified atom stereocenters. The number of hydrogen-bond donors (Lipinski definition) is 0. The largest absolute Gasteiger partial charge is 0.346 e. The van der Waals surface area contributed by atoms with Gasteiger partial charge in [0.2, 0.25) is 0 Å². The number of aryl methyl sites for hydroxylation is 2. The van der Waals surface area contributed by atoms with Crippen molar-refractivity contribution in [3.63, 3.8) is 0 Å². The number of anilines is 1. The quantitative estimate of drug-likeness (QED) is 0.615. The smallest absolute Gasteiger partial charge is 0.155 e. The van der Waals surface area contributed by atoms with Crippen LogP contribution in [0, 0.1) is 12.8 Å². The van der Waals surface area contributed by atoms with Crippen LogP contribution in [0.25, 0.3) is 10.2 Å². The fourth-order valence-electron chi connectivity index (χ4n) is 4.91. The molecule has 2 aliphatic heterocycles. The van der Waals surface area contributed by atoms with Gasteiger partial charge in [0.1, 0.15) is 22.3 Å². The highest BCUT2D eigenvalue weighted by molar-refractivity contribution is 7.17. The molecule has 1 saturated heterocycles. The standard InChI is InChI=1S/C22H30N6S/c1-14(2)12-16-13-29-22-19(16)21(23-15(3)24-22)27-10-6-4-8-17(27)20-26-25-18-9-5-7-11-28(18)20/h13-14,17H,4-12H2,1-3H3. The number of fused-ring (bicyclic) bond motifs is 2. The summed E-state index contributed by atoms with van der Waals surface area (Å²) in [5, 5.41) is 12.8. The van der Waals surface area contributed by atoms with Gasteiger partial charge in [0.15, 0.2) is 5.82 Å². The third kappa shape index (κ3) is 3.43. The molecular formula is C22H30N6S. The van der Waals surface area contributed by atoms with E-state index in [1.165, 1.54) is 36.6 Å². The summed E-state index contributed by atoms with van der Waals surface area (Å²) in [6.45, 7) is 8.66. The SMILES string of the molecule is Cc1nc(N2CCCCC2c2nnc3n2CCCC3)c2c(CC(C)C)csc2n1. The number of aromatic nitrogens is 5. The predicted octanol–water partition coefficient (Wildman–Crippen LogP) is 4.86. The first-order chi connectivity index (χ1) is 14.1. The maximum atomic E-state index is 5.00. The highest BCUT2D eigenvalue weighted by Gasteiger charge is 2.32. The Kier molecular flexibility index (Phi) is 5.02. The van der Waals surface area contributed by atoms with Gasteiger partial charge in [-0.25, -0.2) is 9.97 Å². The Labute approximate surface area is 176 Å². The van der Waals surface area contributed by atoms with Crippen molar-refractivity contribution in [2.75, 3.05) is 11.4 Å². The van der Waals surface area contributed by atoms with Crippen molar-refractivity contribution in [2.45, 2.75) is 78.3 Å². The molecule has 0 radical (unpaired) electrons. The summed E-state index contributed by atoms with van der Waals surface area (Å²) in [5.41, 5.74) is 1.39. The molecule has 0 spiro atoms. The summed E-state index contributed by atoms with van der Waals surface area (Å²) >= 11 is 1.76. The molecule has 6 nitrogen and oxygen atoms in total. The second-order valence-electron chi connectivity index (χ2n) is 8.92. The van der Waals surface area contributed by atoms with E-state index in [9.17, 15) is 0 Å². The van der Waals surface area contributed by atoms with Crippen LogP contribution in [0.5, 0.6) is 0 Å². The van der Waals surface area contributed by atoms with Crippen LogP contribution in [0.15, 0.2) is 5.38 Å². The fraction of sp³-hybridized carbons (Fsp3) is 0.636.